The molecule has 0 heterocycles. The van der Waals surface area contributed by atoms with E-state index in [0.29, 0.717) is 0 Å². The van der Waals surface area contributed by atoms with Gasteiger partial charge in [0.1, 0.15) is 0 Å². The molecule has 2 nitrogen and oxygen atoms in total. The van der Waals surface area contributed by atoms with Gasteiger partial charge in [-0.15, -0.1) is 0 Å². The van der Waals surface area contributed by atoms with Crippen molar-refractivity contribution in [3.63, 3.8) is 0 Å². The Balaban J connectivity index is 2.20. The van der Waals surface area contributed by atoms with Crippen LogP contribution in [0.3, 0.4) is 0 Å². The zero-order chi connectivity index (χ0) is 13.9. The van der Waals surface area contributed by atoms with Crippen molar-refractivity contribution in [2.75, 3.05) is 7.11 Å². The summed E-state index contributed by atoms with van der Waals surface area (Å²) < 4.78 is 5.46. The van der Waals surface area contributed by atoms with Crippen LogP contribution < -0.4 is 5.73 Å². The second-order valence-electron chi connectivity index (χ2n) is 5.68. The molecule has 2 aromatic carbocycles. The van der Waals surface area contributed by atoms with Crippen molar-refractivity contribution in [3.05, 3.63) is 48.0 Å². The predicted molar refractivity (Wildman–Crippen MR) is 81.2 cm³/mol. The van der Waals surface area contributed by atoms with Crippen LogP contribution in [0.2, 0.25) is 0 Å². The average Bonchev–Trinajstić information content (AvgIpc) is 2.44. The monoisotopic (exact) mass is 257 g/mol. The number of fused-ring (bicyclic) bond motifs is 1. The van der Waals surface area contributed by atoms with Crippen LogP contribution >= 0.6 is 0 Å². The topological polar surface area (TPSA) is 35.2 Å². The van der Waals surface area contributed by atoms with Crippen molar-refractivity contribution < 1.29 is 4.74 Å². The van der Waals surface area contributed by atoms with Gasteiger partial charge in [0.25, 0.3) is 0 Å². The Hall–Kier alpha value is -1.38. The Labute approximate surface area is 115 Å². The molecular weight excluding hydrogens is 234 g/mol. The quantitative estimate of drug-likeness (QED) is 0.877. The summed E-state index contributed by atoms with van der Waals surface area (Å²) in [7, 11) is 1.75. The zero-order valence-electron chi connectivity index (χ0n) is 12.0. The Bertz CT molecular complexity index is 542. The van der Waals surface area contributed by atoms with Crippen LogP contribution in [0, 0.1) is 0 Å². The van der Waals surface area contributed by atoms with E-state index in [1.165, 1.54) is 16.3 Å². The van der Waals surface area contributed by atoms with E-state index in [1.54, 1.807) is 7.11 Å². The minimum absolute atomic E-state index is 0.0560. The first kappa shape index (κ1) is 14.0. The first-order valence-electron chi connectivity index (χ1n) is 6.82. The second-order valence-corrected chi connectivity index (χ2v) is 5.68. The lowest BCUT2D eigenvalue weighted by molar-refractivity contribution is 0.0125. The van der Waals surface area contributed by atoms with E-state index in [2.05, 4.69) is 56.3 Å². The molecule has 1 atom stereocenters. The van der Waals surface area contributed by atoms with Gasteiger partial charge >= 0.3 is 0 Å². The molecule has 0 radical (unpaired) electrons. The molecule has 0 bridgehead atoms. The van der Waals surface area contributed by atoms with E-state index >= 15 is 0 Å². The molecule has 1 unspecified atom stereocenters. The Morgan fingerprint density at radius 2 is 1.79 bits per heavy atom. The summed E-state index contributed by atoms with van der Waals surface area (Å²) in [6, 6.07) is 14.8. The molecule has 2 rings (SSSR count). The molecule has 0 aromatic heterocycles. The Kier molecular flexibility index (Phi) is 4.23. The number of benzene rings is 2. The van der Waals surface area contributed by atoms with Crippen molar-refractivity contribution in [1.29, 1.82) is 0 Å². The molecule has 0 spiro atoms. The molecule has 2 aromatic rings. The lowest BCUT2D eigenvalue weighted by atomic mass is 9.92. The SMILES string of the molecule is COC(C)(C)CCC(N)c1cccc2ccccc12. The average molecular weight is 257 g/mol. The first-order valence-corrected chi connectivity index (χ1v) is 6.82. The number of hydrogen-bond acceptors (Lipinski definition) is 2. The van der Waals surface area contributed by atoms with Crippen molar-refractivity contribution in [2.24, 2.45) is 5.73 Å². The van der Waals surface area contributed by atoms with Crippen LogP contribution in [0.4, 0.5) is 0 Å². The summed E-state index contributed by atoms with van der Waals surface area (Å²) in [5.74, 6) is 0. The van der Waals surface area contributed by atoms with Gasteiger partial charge in [-0.05, 0) is 43.0 Å². The van der Waals surface area contributed by atoms with Crippen molar-refractivity contribution in [3.8, 4) is 0 Å². The minimum Gasteiger partial charge on any atom is -0.379 e. The zero-order valence-corrected chi connectivity index (χ0v) is 12.0. The second kappa shape index (κ2) is 5.72. The van der Waals surface area contributed by atoms with Crippen LogP contribution in [0.15, 0.2) is 42.5 Å². The normalized spacial score (nSPS) is 13.7. The smallest absolute Gasteiger partial charge is 0.0623 e. The van der Waals surface area contributed by atoms with E-state index in [4.69, 9.17) is 10.5 Å². The minimum atomic E-state index is -0.109. The van der Waals surface area contributed by atoms with E-state index < -0.39 is 0 Å². The summed E-state index contributed by atoms with van der Waals surface area (Å²) in [6.07, 6.45) is 1.88. The number of methoxy groups -OCH3 is 1. The molecule has 0 aliphatic heterocycles. The van der Waals surface area contributed by atoms with Gasteiger partial charge in [-0.2, -0.15) is 0 Å². The maximum absolute atomic E-state index is 6.37. The van der Waals surface area contributed by atoms with Crippen molar-refractivity contribution in [2.45, 2.75) is 38.3 Å². The summed E-state index contributed by atoms with van der Waals surface area (Å²) in [5, 5.41) is 2.51. The van der Waals surface area contributed by atoms with Crippen molar-refractivity contribution in [1.82, 2.24) is 0 Å². The number of ether oxygens (including phenoxy) is 1. The molecule has 0 saturated carbocycles. The summed E-state index contributed by atoms with van der Waals surface area (Å²) >= 11 is 0. The predicted octanol–water partition coefficient (Wildman–Crippen LogP) is 4.04. The summed E-state index contributed by atoms with van der Waals surface area (Å²) in [4.78, 5) is 0. The standard InChI is InChI=1S/C17H23NO/c1-17(2,19-3)12-11-16(18)15-10-6-8-13-7-4-5-9-14(13)15/h4-10,16H,11-12,18H2,1-3H3. The molecule has 2 heteroatoms. The Morgan fingerprint density at radius 1 is 1.11 bits per heavy atom. The van der Waals surface area contributed by atoms with E-state index in [1.807, 2.05) is 0 Å². The van der Waals surface area contributed by atoms with Gasteiger partial charge in [-0.1, -0.05) is 42.5 Å². The molecule has 2 N–H and O–H groups in total. The van der Waals surface area contributed by atoms with Gasteiger partial charge in [0, 0.05) is 13.2 Å². The third-order valence-electron chi connectivity index (χ3n) is 3.83. The fourth-order valence-electron chi connectivity index (χ4n) is 2.33. The number of nitrogens with two attached hydrogens (primary N) is 1. The summed E-state index contributed by atoms with van der Waals surface area (Å²) in [5.41, 5.74) is 7.49. The van der Waals surface area contributed by atoms with E-state index in [9.17, 15) is 0 Å². The number of rotatable bonds is 5. The van der Waals surface area contributed by atoms with Crippen molar-refractivity contribution >= 4 is 10.8 Å². The van der Waals surface area contributed by atoms with E-state index in [-0.39, 0.29) is 11.6 Å². The highest BCUT2D eigenvalue weighted by molar-refractivity contribution is 5.86. The third kappa shape index (κ3) is 3.34. The van der Waals surface area contributed by atoms with Gasteiger partial charge in [-0.25, -0.2) is 0 Å². The van der Waals surface area contributed by atoms with Crippen LogP contribution in [-0.2, 0) is 4.74 Å². The molecule has 0 aliphatic rings. The molecular formula is C17H23NO. The first-order chi connectivity index (χ1) is 9.03. The highest BCUT2D eigenvalue weighted by atomic mass is 16.5. The molecule has 0 saturated heterocycles. The molecule has 0 fully saturated rings. The maximum Gasteiger partial charge on any atom is 0.0623 e. The fraction of sp³-hybridized carbons (Fsp3) is 0.412. The third-order valence-corrected chi connectivity index (χ3v) is 3.83. The molecule has 0 amide bonds. The van der Waals surface area contributed by atoms with Crippen LogP contribution in [-0.4, -0.2) is 12.7 Å². The molecule has 102 valence electrons. The van der Waals surface area contributed by atoms with Gasteiger partial charge in [0.2, 0.25) is 0 Å². The van der Waals surface area contributed by atoms with Gasteiger partial charge < -0.3 is 10.5 Å². The maximum atomic E-state index is 6.37. The lowest BCUT2D eigenvalue weighted by Crippen LogP contribution is -2.24. The fourth-order valence-corrected chi connectivity index (χ4v) is 2.33. The Morgan fingerprint density at radius 3 is 2.53 bits per heavy atom. The molecule has 19 heavy (non-hydrogen) atoms. The van der Waals surface area contributed by atoms with Crippen LogP contribution in [0.5, 0.6) is 0 Å². The largest absolute Gasteiger partial charge is 0.379 e. The van der Waals surface area contributed by atoms with Crippen LogP contribution in [0.1, 0.15) is 38.3 Å². The summed E-state index contributed by atoms with van der Waals surface area (Å²) in [6.45, 7) is 4.20. The highest BCUT2D eigenvalue weighted by Crippen LogP contribution is 2.28. The van der Waals surface area contributed by atoms with Crippen LogP contribution in [0.25, 0.3) is 10.8 Å². The van der Waals surface area contributed by atoms with Gasteiger partial charge in [-0.3, -0.25) is 0 Å². The molecule has 0 aliphatic carbocycles. The van der Waals surface area contributed by atoms with E-state index in [0.717, 1.165) is 12.8 Å². The van der Waals surface area contributed by atoms with Gasteiger partial charge in [0.05, 0.1) is 5.60 Å². The highest BCUT2D eigenvalue weighted by Gasteiger charge is 2.19. The number of hydrogen-bond donors (Lipinski definition) is 1. The van der Waals surface area contributed by atoms with Gasteiger partial charge in [0.15, 0.2) is 0 Å². The lowest BCUT2D eigenvalue weighted by Gasteiger charge is -2.25.